The van der Waals surface area contributed by atoms with Crippen LogP contribution >= 0.6 is 22.6 Å². The molecule has 0 atom stereocenters. The average molecular weight is 269 g/mol. The Morgan fingerprint density at radius 2 is 2.17 bits per heavy atom. The van der Waals surface area contributed by atoms with E-state index in [2.05, 4.69) is 3.83 Å². The molecule has 0 saturated carbocycles. The Labute approximate surface area is 54.3 Å². The van der Waals surface area contributed by atoms with Gasteiger partial charge in [0.05, 0.1) is 0 Å². The van der Waals surface area contributed by atoms with Gasteiger partial charge in [0.2, 0.25) is 0 Å². The Morgan fingerprint density at radius 1 is 1.67 bits per heavy atom. The lowest BCUT2D eigenvalue weighted by molar-refractivity contribution is -1.63. The summed E-state index contributed by atoms with van der Waals surface area (Å²) in [6.45, 7) is 0. The third-order valence-corrected chi connectivity index (χ3v) is 1.90. The van der Waals surface area contributed by atoms with Crippen molar-refractivity contribution in [2.45, 2.75) is 0 Å². The van der Waals surface area contributed by atoms with E-state index in [-0.39, 0.29) is 4.61 Å². The van der Waals surface area contributed by atoms with Crippen LogP contribution in [0.3, 0.4) is 0 Å². The van der Waals surface area contributed by atoms with Gasteiger partial charge in [0.1, 0.15) is 0 Å². The van der Waals surface area contributed by atoms with Crippen molar-refractivity contribution in [1.82, 2.24) is 0 Å². The van der Waals surface area contributed by atoms with Gasteiger partial charge in [-0.1, -0.05) is 0 Å². The van der Waals surface area contributed by atoms with E-state index in [1.165, 1.54) is 0 Å². The molecule has 0 heterocycles. The summed E-state index contributed by atoms with van der Waals surface area (Å²) in [5.41, 5.74) is 0. The summed E-state index contributed by atoms with van der Waals surface area (Å²) >= 11 is -1.10. The normalized spacial score (nSPS) is 10.0. The molecule has 38 valence electrons. The van der Waals surface area contributed by atoms with Gasteiger partial charge in [-0.05, 0) is 26.4 Å². The molecule has 0 N–H and O–H groups in total. The maximum Gasteiger partial charge on any atom is 0.437 e. The Bertz CT molecular complexity index is 32.0. The molecule has 0 saturated heterocycles. The molecule has 0 aliphatic carbocycles. The fourth-order valence-electron chi connectivity index (χ4n) is 0.0337. The van der Waals surface area contributed by atoms with E-state index >= 15 is 0 Å². The zero-order valence-electron chi connectivity index (χ0n) is 2.69. The van der Waals surface area contributed by atoms with E-state index in [0.717, 1.165) is 0 Å². The maximum atomic E-state index is 9.45. The van der Waals surface area contributed by atoms with Gasteiger partial charge in [0.15, 0.2) is 4.61 Å². The van der Waals surface area contributed by atoms with Gasteiger partial charge in [0.25, 0.3) is 0 Å². The topological polar surface area (TPSA) is 55.3 Å². The highest BCUT2D eigenvalue weighted by Gasteiger charge is 2.04. The Kier molecular flexibility index (Phi) is 5.03. The van der Waals surface area contributed by atoms with E-state index in [1.807, 2.05) is 0 Å². The third-order valence-electron chi connectivity index (χ3n) is 0.130. The maximum absolute atomic E-state index is 9.45. The standard InChI is InChI=1S/CH2BrIO3/c3-1-6-2(4)5/h1H2. The van der Waals surface area contributed by atoms with Gasteiger partial charge in [-0.15, -0.1) is 0 Å². The first-order valence-electron chi connectivity index (χ1n) is 1.02. The lowest BCUT2D eigenvalue weighted by Gasteiger charge is -1.82. The van der Waals surface area contributed by atoms with Crippen LogP contribution in [-0.4, -0.2) is 4.61 Å². The third kappa shape index (κ3) is 5.09. The summed E-state index contributed by atoms with van der Waals surface area (Å²) in [6.07, 6.45) is 0. The number of rotatable bonds is 2. The van der Waals surface area contributed by atoms with Gasteiger partial charge in [-0.2, -0.15) is 0 Å². The largest absolute Gasteiger partial charge is 0.437 e. The molecule has 0 radical (unpaired) electrons. The van der Waals surface area contributed by atoms with Crippen molar-refractivity contribution in [2.75, 3.05) is 4.61 Å². The van der Waals surface area contributed by atoms with Crippen LogP contribution < -0.4 is 8.40 Å². The summed E-state index contributed by atoms with van der Waals surface area (Å²) in [7, 11) is 0. The van der Waals surface area contributed by atoms with Crippen LogP contribution in [0, 0.1) is 14.8 Å². The minimum Gasteiger partial charge on any atom is -0.372 e. The molecule has 0 aromatic rings. The summed E-state index contributed by atoms with van der Waals surface area (Å²) in [5.74, 6) is 0. The minimum atomic E-state index is -2.91. The molecule has 5 heteroatoms. The second-order valence-corrected chi connectivity index (χ2v) is 2.28. The van der Waals surface area contributed by atoms with Gasteiger partial charge in [-0.3, -0.25) is 0 Å². The van der Waals surface area contributed by atoms with Gasteiger partial charge < -0.3 is 8.40 Å². The lowest BCUT2D eigenvalue weighted by atomic mass is 11.8. The van der Waals surface area contributed by atoms with Crippen LogP contribution in [0.4, 0.5) is 0 Å². The van der Waals surface area contributed by atoms with Gasteiger partial charge in [-0.25, -0.2) is 0 Å². The highest BCUT2D eigenvalue weighted by atomic mass is 127. The number of halogens is 2. The molecule has 0 spiro atoms. The van der Waals surface area contributed by atoms with E-state index in [4.69, 9.17) is 0 Å². The fraction of sp³-hybridized carbons (Fsp3) is 1.00. The summed E-state index contributed by atoms with van der Waals surface area (Å²) in [6, 6.07) is 0. The van der Waals surface area contributed by atoms with Gasteiger partial charge in [0, 0.05) is 0 Å². The molecule has 6 heavy (non-hydrogen) atoms. The smallest absolute Gasteiger partial charge is 0.372 e. The number of hydrogen-bond acceptors (Lipinski definition) is 3. The van der Waals surface area contributed by atoms with E-state index in [9.17, 15) is 8.40 Å². The minimum absolute atomic E-state index is 0.222. The predicted octanol–water partition coefficient (Wildman–Crippen LogP) is -1.52. The second kappa shape index (κ2) is 4.25. The van der Waals surface area contributed by atoms with Crippen LogP contribution in [0.15, 0.2) is 0 Å². The zero-order chi connectivity index (χ0) is 4.99. The van der Waals surface area contributed by atoms with Crippen molar-refractivity contribution in [1.29, 1.82) is 0 Å². The molecule has 0 aromatic heterocycles. The molecule has 3 nitrogen and oxygen atoms in total. The van der Waals surface area contributed by atoms with E-state index < -0.39 is 14.8 Å². The molecule has 0 fully saturated rings. The van der Waals surface area contributed by atoms with Crippen molar-refractivity contribution >= 4 is 22.6 Å². The molecule has 0 amide bonds. The van der Waals surface area contributed by atoms with E-state index in [0.29, 0.717) is 0 Å². The molecule has 0 rings (SSSR count). The highest BCUT2D eigenvalue weighted by molar-refractivity contribution is 14.1. The van der Waals surface area contributed by atoms with Crippen LogP contribution in [-0.2, 0) is 3.83 Å². The Morgan fingerprint density at radius 3 is 2.17 bits per heavy atom. The monoisotopic (exact) mass is 268 g/mol. The highest BCUT2D eigenvalue weighted by Crippen LogP contribution is 1.83. The van der Waals surface area contributed by atoms with Crippen molar-refractivity contribution in [3.05, 3.63) is 0 Å². The molecular formula is CH2BrIO3. The number of alkyl halides is 1. The quantitative estimate of drug-likeness (QED) is 0.452. The molecule has 0 aliphatic rings. The lowest BCUT2D eigenvalue weighted by Crippen LogP contribution is -2.33. The molecule has 0 unspecified atom stereocenters. The summed E-state index contributed by atoms with van der Waals surface area (Å²) in [4.78, 5) is 0. The summed E-state index contributed by atoms with van der Waals surface area (Å²) < 4.78 is 23.1. The average Bonchev–Trinajstić information content (AvgIpc) is 1.35. The first kappa shape index (κ1) is 7.09. The molecular weight excluding hydrogens is 267 g/mol. The zero-order valence-corrected chi connectivity index (χ0v) is 6.43. The van der Waals surface area contributed by atoms with Gasteiger partial charge >= 0.3 is 14.8 Å². The van der Waals surface area contributed by atoms with Crippen molar-refractivity contribution < 1.29 is 27.0 Å². The molecule has 0 aliphatic heterocycles. The van der Waals surface area contributed by atoms with Crippen molar-refractivity contribution in [3.8, 4) is 0 Å². The van der Waals surface area contributed by atoms with Crippen LogP contribution in [0.2, 0.25) is 0 Å². The van der Waals surface area contributed by atoms with Crippen LogP contribution in [0.5, 0.6) is 0 Å². The predicted molar refractivity (Wildman–Crippen MR) is 20.0 cm³/mol. The van der Waals surface area contributed by atoms with Crippen LogP contribution in [0.1, 0.15) is 0 Å². The van der Waals surface area contributed by atoms with E-state index in [1.54, 1.807) is 22.6 Å². The Hall–Kier alpha value is 1.09. The first-order valence-corrected chi connectivity index (χ1v) is 4.49. The second-order valence-electron chi connectivity index (χ2n) is 0.407. The molecule has 0 aromatic carbocycles. The SMILES string of the molecule is [O-][Br+2]([O-])OCI. The number of hydrogen-bond donors (Lipinski definition) is 0. The summed E-state index contributed by atoms with van der Waals surface area (Å²) in [5, 5.41) is 0. The van der Waals surface area contributed by atoms with Crippen LogP contribution in [0.25, 0.3) is 0 Å². The van der Waals surface area contributed by atoms with Crippen molar-refractivity contribution in [3.63, 3.8) is 0 Å². The Balaban J connectivity index is 2.63. The fourth-order valence-corrected chi connectivity index (χ4v) is 1.17. The molecule has 0 bridgehead atoms. The van der Waals surface area contributed by atoms with Crippen molar-refractivity contribution in [2.24, 2.45) is 0 Å². The first-order chi connectivity index (χ1) is 2.77.